The van der Waals surface area contributed by atoms with Gasteiger partial charge in [0.1, 0.15) is 11.9 Å². The predicted molar refractivity (Wildman–Crippen MR) is 124 cm³/mol. The molecule has 0 saturated heterocycles. The first kappa shape index (κ1) is 21.3. The summed E-state index contributed by atoms with van der Waals surface area (Å²) >= 11 is 7.91. The molecule has 0 fully saturated rings. The van der Waals surface area contributed by atoms with Gasteiger partial charge in [-0.1, -0.05) is 17.7 Å². The van der Waals surface area contributed by atoms with E-state index in [9.17, 15) is 9.59 Å². The molecule has 1 amide bonds. The first-order valence-electron chi connectivity index (χ1n) is 9.88. The molecule has 1 unspecified atom stereocenters. The normalized spacial score (nSPS) is 15.0. The average Bonchev–Trinajstić information content (AvgIpc) is 3.39. The second-order valence-electron chi connectivity index (χ2n) is 7.42. The maximum atomic E-state index is 12.2. The Kier molecular flexibility index (Phi) is 6.20. The van der Waals surface area contributed by atoms with Gasteiger partial charge in [0.2, 0.25) is 5.91 Å². The minimum Gasteiger partial charge on any atom is -0.486 e. The van der Waals surface area contributed by atoms with Crippen LogP contribution in [-0.4, -0.2) is 29.3 Å². The third kappa shape index (κ3) is 5.03. The van der Waals surface area contributed by atoms with Crippen molar-refractivity contribution in [2.24, 2.45) is 0 Å². The van der Waals surface area contributed by atoms with E-state index in [0.29, 0.717) is 23.7 Å². The van der Waals surface area contributed by atoms with Crippen molar-refractivity contribution in [2.75, 3.05) is 6.54 Å². The Morgan fingerprint density at radius 3 is 2.84 bits per heavy atom. The number of ketones is 1. The lowest BCUT2D eigenvalue weighted by Gasteiger charge is -2.11. The van der Waals surface area contributed by atoms with E-state index in [4.69, 9.17) is 16.3 Å². The Bertz CT molecular complexity index is 1170. The number of aryl methyl sites for hydroxylation is 1. The van der Waals surface area contributed by atoms with Crippen molar-refractivity contribution < 1.29 is 14.3 Å². The number of nitrogens with zero attached hydrogens (tertiary/aromatic N) is 1. The van der Waals surface area contributed by atoms with Crippen LogP contribution < -0.4 is 10.1 Å². The Balaban J connectivity index is 1.38. The van der Waals surface area contributed by atoms with Crippen LogP contribution in [0.15, 0.2) is 48.7 Å². The quantitative estimate of drug-likeness (QED) is 0.417. The van der Waals surface area contributed by atoms with E-state index in [1.165, 1.54) is 17.4 Å². The van der Waals surface area contributed by atoms with Crippen molar-refractivity contribution in [2.45, 2.75) is 26.4 Å². The van der Waals surface area contributed by atoms with E-state index < -0.39 is 0 Å². The molecule has 31 heavy (non-hydrogen) atoms. The van der Waals surface area contributed by atoms with Gasteiger partial charge in [0.25, 0.3) is 0 Å². The molecule has 1 aromatic carbocycles. The predicted octanol–water partition coefficient (Wildman–Crippen LogP) is 5.11. The second kappa shape index (κ2) is 9.04. The molecule has 158 valence electrons. The number of halogens is 1. The molecule has 0 radical (unpaired) electrons. The number of hydrogen-bond acceptors (Lipinski definition) is 5. The van der Waals surface area contributed by atoms with Crippen molar-refractivity contribution in [3.05, 3.63) is 75.4 Å². The third-order valence-electron chi connectivity index (χ3n) is 4.96. The molecule has 1 aliphatic heterocycles. The van der Waals surface area contributed by atoms with Gasteiger partial charge in [-0.05, 0) is 61.4 Å². The molecule has 5 nitrogen and oxygen atoms in total. The van der Waals surface area contributed by atoms with Crippen molar-refractivity contribution in [3.8, 4) is 16.2 Å². The van der Waals surface area contributed by atoms with Crippen LogP contribution in [0.5, 0.6) is 5.75 Å². The summed E-state index contributed by atoms with van der Waals surface area (Å²) in [6.07, 6.45) is 5.41. The zero-order valence-electron chi connectivity index (χ0n) is 17.1. The minimum absolute atomic E-state index is 0.0512. The van der Waals surface area contributed by atoms with Gasteiger partial charge in [0.05, 0.1) is 16.4 Å². The third-order valence-corrected chi connectivity index (χ3v) is 6.47. The van der Waals surface area contributed by atoms with E-state index in [-0.39, 0.29) is 17.8 Å². The fourth-order valence-electron chi connectivity index (χ4n) is 3.35. The van der Waals surface area contributed by atoms with Crippen LogP contribution in [0, 0.1) is 6.92 Å². The summed E-state index contributed by atoms with van der Waals surface area (Å²) in [6, 6.07) is 11.5. The molecule has 0 saturated carbocycles. The number of ether oxygens (including phenoxy) is 1. The Hall–Kier alpha value is -2.96. The number of pyridine rings is 1. The van der Waals surface area contributed by atoms with E-state index in [2.05, 4.69) is 10.3 Å². The number of carbonyl (C=O) groups excluding carboxylic acids is 2. The number of amides is 1. The number of fused-ring (bicyclic) bond motifs is 1. The monoisotopic (exact) mass is 452 g/mol. The molecule has 4 rings (SSSR count). The largest absolute Gasteiger partial charge is 0.486 e. The first-order valence-corrected chi connectivity index (χ1v) is 11.1. The second-order valence-corrected chi connectivity index (χ2v) is 8.91. The standard InChI is InChI=1S/C24H21ClN2O3S/c1-14-3-4-16(12-26-14)5-8-23(29)27-13-19-10-18-9-17(11-20(25)24(18)30-19)22-7-6-21(31-22)15(2)28/h3-9,11-12,19H,10,13H2,1-2H3,(H,27,29). The zero-order valence-corrected chi connectivity index (χ0v) is 18.7. The highest BCUT2D eigenvalue weighted by Crippen LogP contribution is 2.41. The van der Waals surface area contributed by atoms with Gasteiger partial charge in [-0.25, -0.2) is 0 Å². The molecule has 1 atom stereocenters. The van der Waals surface area contributed by atoms with E-state index in [1.54, 1.807) is 19.2 Å². The fraction of sp³-hybridized carbons (Fsp3) is 0.208. The summed E-state index contributed by atoms with van der Waals surface area (Å²) in [7, 11) is 0. The molecular formula is C24H21ClN2O3S. The number of nitrogens with one attached hydrogen (secondary N) is 1. The van der Waals surface area contributed by atoms with Crippen LogP contribution in [-0.2, 0) is 11.2 Å². The number of Topliss-reactive ketones (excluding diaryl/α,β-unsaturated/α-hetero) is 1. The lowest BCUT2D eigenvalue weighted by Crippen LogP contribution is -2.33. The Labute approximate surface area is 189 Å². The maximum absolute atomic E-state index is 12.2. The number of carbonyl (C=O) groups is 2. The molecule has 0 bridgehead atoms. The van der Waals surface area contributed by atoms with Crippen molar-refractivity contribution in [1.29, 1.82) is 0 Å². The number of rotatable bonds is 6. The highest BCUT2D eigenvalue weighted by Gasteiger charge is 2.26. The van der Waals surface area contributed by atoms with Gasteiger partial charge >= 0.3 is 0 Å². The summed E-state index contributed by atoms with van der Waals surface area (Å²) in [4.78, 5) is 29.6. The Morgan fingerprint density at radius 1 is 1.29 bits per heavy atom. The van der Waals surface area contributed by atoms with Crippen LogP contribution >= 0.6 is 22.9 Å². The van der Waals surface area contributed by atoms with Crippen molar-refractivity contribution in [1.82, 2.24) is 10.3 Å². The van der Waals surface area contributed by atoms with Gasteiger partial charge in [0.15, 0.2) is 5.78 Å². The summed E-state index contributed by atoms with van der Waals surface area (Å²) in [5.74, 6) is 0.520. The molecule has 0 aliphatic carbocycles. The number of benzene rings is 1. The SMILES string of the molecule is CC(=O)c1ccc(-c2cc(Cl)c3c(c2)CC(CNC(=O)C=Cc2ccc(C)nc2)O3)s1. The topological polar surface area (TPSA) is 68.3 Å². The molecule has 3 aromatic rings. The first-order chi connectivity index (χ1) is 14.9. The minimum atomic E-state index is -0.192. The highest BCUT2D eigenvalue weighted by molar-refractivity contribution is 7.17. The highest BCUT2D eigenvalue weighted by atomic mass is 35.5. The number of thiophene rings is 1. The van der Waals surface area contributed by atoms with Gasteiger partial charge in [-0.15, -0.1) is 11.3 Å². The fourth-order valence-corrected chi connectivity index (χ4v) is 4.52. The van der Waals surface area contributed by atoms with Gasteiger partial charge < -0.3 is 10.1 Å². The molecule has 1 aliphatic rings. The number of aromatic nitrogens is 1. The summed E-state index contributed by atoms with van der Waals surface area (Å²) in [5.41, 5.74) is 3.76. The van der Waals surface area contributed by atoms with Gasteiger partial charge in [0, 0.05) is 34.8 Å². The van der Waals surface area contributed by atoms with Gasteiger partial charge in [-0.3, -0.25) is 14.6 Å². The average molecular weight is 453 g/mol. The van der Waals surface area contributed by atoms with E-state index in [0.717, 1.165) is 32.1 Å². The Morgan fingerprint density at radius 2 is 2.13 bits per heavy atom. The lowest BCUT2D eigenvalue weighted by molar-refractivity contribution is -0.116. The van der Waals surface area contributed by atoms with Crippen LogP contribution in [0.3, 0.4) is 0 Å². The molecule has 2 aromatic heterocycles. The van der Waals surface area contributed by atoms with Crippen molar-refractivity contribution in [3.63, 3.8) is 0 Å². The summed E-state index contributed by atoms with van der Waals surface area (Å²) < 4.78 is 5.97. The molecule has 1 N–H and O–H groups in total. The molecule has 3 heterocycles. The van der Waals surface area contributed by atoms with Crippen LogP contribution in [0.4, 0.5) is 0 Å². The molecule has 0 spiro atoms. The number of hydrogen-bond donors (Lipinski definition) is 1. The lowest BCUT2D eigenvalue weighted by atomic mass is 10.1. The smallest absolute Gasteiger partial charge is 0.244 e. The van der Waals surface area contributed by atoms with Gasteiger partial charge in [-0.2, -0.15) is 0 Å². The summed E-state index contributed by atoms with van der Waals surface area (Å²) in [5, 5.41) is 3.41. The van der Waals surface area contributed by atoms with Crippen LogP contribution in [0.25, 0.3) is 16.5 Å². The van der Waals surface area contributed by atoms with E-state index in [1.807, 2.05) is 43.3 Å². The van der Waals surface area contributed by atoms with Crippen LogP contribution in [0.2, 0.25) is 5.02 Å². The maximum Gasteiger partial charge on any atom is 0.244 e. The zero-order chi connectivity index (χ0) is 22.0. The molecular weight excluding hydrogens is 432 g/mol. The van der Waals surface area contributed by atoms with E-state index >= 15 is 0 Å². The van der Waals surface area contributed by atoms with Crippen LogP contribution in [0.1, 0.15) is 33.4 Å². The summed E-state index contributed by atoms with van der Waals surface area (Å²) in [6.45, 7) is 3.85. The van der Waals surface area contributed by atoms with Crippen molar-refractivity contribution >= 4 is 40.7 Å². The molecule has 7 heteroatoms.